The fourth-order valence-corrected chi connectivity index (χ4v) is 5.76. The Balaban J connectivity index is 1.44. The van der Waals surface area contributed by atoms with E-state index in [0.29, 0.717) is 0 Å². The summed E-state index contributed by atoms with van der Waals surface area (Å²) in [6, 6.07) is 35.8. The molecule has 2 heterocycles. The van der Waals surface area contributed by atoms with Crippen LogP contribution in [0.5, 0.6) is 11.5 Å². The third kappa shape index (κ3) is 4.39. The molecule has 0 saturated carbocycles. The molecule has 0 spiro atoms. The molecule has 2 saturated heterocycles. The number of aliphatic hydroxyl groups excluding tert-OH is 1. The molecule has 39 heavy (non-hydrogen) atoms. The summed E-state index contributed by atoms with van der Waals surface area (Å²) in [5.41, 5.74) is 1.73. The molecule has 6 rings (SSSR count). The Morgan fingerprint density at radius 3 is 1.79 bits per heavy atom. The van der Waals surface area contributed by atoms with Gasteiger partial charge in [-0.1, -0.05) is 84.9 Å². The van der Waals surface area contributed by atoms with Gasteiger partial charge < -0.3 is 28.8 Å². The van der Waals surface area contributed by atoms with Gasteiger partial charge in [-0.05, 0) is 46.5 Å². The summed E-state index contributed by atoms with van der Waals surface area (Å²) in [4.78, 5) is 0. The lowest BCUT2D eigenvalue weighted by molar-refractivity contribution is -0.184. The molecule has 0 aromatic heterocycles. The Hall–Kier alpha value is -3.68. The SMILES string of the molecule is COc1ccc(C(OC[C@@]23CO[C@@H]([C@H]2O)[C@H](c2ccccc2)O3)(c2ccccc2)c2ccc(OC)cc2)cc1. The van der Waals surface area contributed by atoms with Crippen molar-refractivity contribution < 1.29 is 28.8 Å². The lowest BCUT2D eigenvalue weighted by Gasteiger charge is -2.39. The zero-order valence-corrected chi connectivity index (χ0v) is 22.0. The first-order valence-corrected chi connectivity index (χ1v) is 13.1. The first-order valence-electron chi connectivity index (χ1n) is 13.1. The van der Waals surface area contributed by atoms with Gasteiger partial charge in [-0.3, -0.25) is 0 Å². The maximum atomic E-state index is 11.4. The van der Waals surface area contributed by atoms with Gasteiger partial charge in [-0.2, -0.15) is 0 Å². The number of benzene rings is 4. The topological polar surface area (TPSA) is 66.4 Å². The molecule has 1 N–H and O–H groups in total. The molecular formula is C33H32O6. The molecule has 0 unspecified atom stereocenters. The molecule has 200 valence electrons. The van der Waals surface area contributed by atoms with Crippen molar-refractivity contribution in [2.24, 2.45) is 0 Å². The summed E-state index contributed by atoms with van der Waals surface area (Å²) in [5, 5.41) is 11.4. The highest BCUT2D eigenvalue weighted by Crippen LogP contribution is 2.49. The summed E-state index contributed by atoms with van der Waals surface area (Å²) in [5.74, 6) is 1.50. The number of rotatable bonds is 9. The fourth-order valence-electron chi connectivity index (χ4n) is 5.76. The van der Waals surface area contributed by atoms with E-state index in [1.54, 1.807) is 14.2 Å². The lowest BCUT2D eigenvalue weighted by Crippen LogP contribution is -2.48. The molecule has 4 aromatic rings. The van der Waals surface area contributed by atoms with Crippen molar-refractivity contribution >= 4 is 0 Å². The average Bonchev–Trinajstić information content (AvgIpc) is 3.48. The van der Waals surface area contributed by atoms with E-state index in [1.165, 1.54) is 0 Å². The molecule has 2 fully saturated rings. The van der Waals surface area contributed by atoms with Gasteiger partial charge in [0.15, 0.2) is 0 Å². The normalized spacial score (nSPS) is 24.0. The summed E-state index contributed by atoms with van der Waals surface area (Å²) >= 11 is 0. The van der Waals surface area contributed by atoms with Crippen molar-refractivity contribution in [1.29, 1.82) is 0 Å². The molecule has 0 radical (unpaired) electrons. The molecular weight excluding hydrogens is 492 g/mol. The van der Waals surface area contributed by atoms with Crippen LogP contribution in [0.15, 0.2) is 109 Å². The maximum Gasteiger partial charge on any atom is 0.144 e. The van der Waals surface area contributed by atoms with Crippen LogP contribution in [-0.2, 0) is 19.8 Å². The maximum absolute atomic E-state index is 11.4. The second kappa shape index (κ2) is 10.5. The van der Waals surface area contributed by atoms with Gasteiger partial charge in [0.1, 0.15) is 41.0 Å². The minimum atomic E-state index is -1.01. The first-order chi connectivity index (χ1) is 19.1. The highest BCUT2D eigenvalue weighted by Gasteiger charge is 2.62. The minimum absolute atomic E-state index is 0.112. The largest absolute Gasteiger partial charge is 0.497 e. The van der Waals surface area contributed by atoms with E-state index in [9.17, 15) is 5.11 Å². The van der Waals surface area contributed by atoms with Gasteiger partial charge >= 0.3 is 0 Å². The van der Waals surface area contributed by atoms with E-state index in [4.69, 9.17) is 23.7 Å². The highest BCUT2D eigenvalue weighted by atomic mass is 16.7. The van der Waals surface area contributed by atoms with E-state index >= 15 is 0 Å². The molecule has 2 aliphatic heterocycles. The summed E-state index contributed by atoms with van der Waals surface area (Å²) < 4.78 is 30.6. The number of fused-ring (bicyclic) bond motifs is 2. The van der Waals surface area contributed by atoms with Gasteiger partial charge in [-0.15, -0.1) is 0 Å². The van der Waals surface area contributed by atoms with Crippen LogP contribution in [0.4, 0.5) is 0 Å². The summed E-state index contributed by atoms with van der Waals surface area (Å²) in [6.07, 6.45) is -1.65. The lowest BCUT2D eigenvalue weighted by atomic mass is 9.79. The number of hydrogen-bond donors (Lipinski definition) is 1. The Morgan fingerprint density at radius 1 is 0.744 bits per heavy atom. The quantitative estimate of drug-likeness (QED) is 0.301. The van der Waals surface area contributed by atoms with E-state index in [1.807, 2.05) is 97.1 Å². The monoisotopic (exact) mass is 524 g/mol. The summed E-state index contributed by atoms with van der Waals surface area (Å²) in [7, 11) is 3.30. The van der Waals surface area contributed by atoms with Crippen LogP contribution in [0, 0.1) is 0 Å². The number of methoxy groups -OCH3 is 2. The Labute approximate surface area is 228 Å². The van der Waals surface area contributed by atoms with E-state index in [-0.39, 0.29) is 19.3 Å². The van der Waals surface area contributed by atoms with Gasteiger partial charge in [0.25, 0.3) is 0 Å². The predicted molar refractivity (Wildman–Crippen MR) is 147 cm³/mol. The van der Waals surface area contributed by atoms with Crippen molar-refractivity contribution in [2.45, 2.75) is 29.5 Å². The third-order valence-electron chi connectivity index (χ3n) is 7.86. The average molecular weight is 525 g/mol. The van der Waals surface area contributed by atoms with Crippen LogP contribution in [0.25, 0.3) is 0 Å². The van der Waals surface area contributed by atoms with Gasteiger partial charge in [0, 0.05) is 0 Å². The Bertz CT molecular complexity index is 1330. The molecule has 6 heteroatoms. The summed E-state index contributed by atoms with van der Waals surface area (Å²) in [6.45, 7) is 0.360. The van der Waals surface area contributed by atoms with Crippen LogP contribution in [-0.4, -0.2) is 50.3 Å². The zero-order valence-electron chi connectivity index (χ0n) is 22.0. The molecule has 6 nitrogen and oxygen atoms in total. The Kier molecular flexibility index (Phi) is 6.87. The second-order valence-corrected chi connectivity index (χ2v) is 10.0. The van der Waals surface area contributed by atoms with Gasteiger partial charge in [0.2, 0.25) is 0 Å². The Morgan fingerprint density at radius 2 is 1.26 bits per heavy atom. The van der Waals surface area contributed by atoms with Crippen LogP contribution in [0.2, 0.25) is 0 Å². The van der Waals surface area contributed by atoms with Crippen molar-refractivity contribution in [1.82, 2.24) is 0 Å². The van der Waals surface area contributed by atoms with Crippen molar-refractivity contribution in [2.75, 3.05) is 27.4 Å². The van der Waals surface area contributed by atoms with Crippen LogP contribution < -0.4 is 9.47 Å². The van der Waals surface area contributed by atoms with Crippen molar-refractivity contribution in [3.8, 4) is 11.5 Å². The molecule has 4 atom stereocenters. The highest BCUT2D eigenvalue weighted by molar-refractivity contribution is 5.50. The van der Waals surface area contributed by atoms with Gasteiger partial charge in [-0.25, -0.2) is 0 Å². The molecule has 0 aliphatic carbocycles. The number of ether oxygens (including phenoxy) is 5. The van der Waals surface area contributed by atoms with Crippen molar-refractivity contribution in [3.63, 3.8) is 0 Å². The van der Waals surface area contributed by atoms with Gasteiger partial charge in [0.05, 0.1) is 27.4 Å². The fraction of sp³-hybridized carbons (Fsp3) is 0.273. The molecule has 4 aromatic carbocycles. The number of aliphatic hydroxyl groups is 1. The molecule has 2 bridgehead atoms. The van der Waals surface area contributed by atoms with E-state index in [0.717, 1.165) is 33.8 Å². The standard InChI is InChI=1S/C33H32O6/c1-35-27-17-13-25(14-18-27)33(24-11-7-4-8-12-24,26-15-19-28(36-2)20-16-26)38-22-32-21-37-30(31(32)34)29(39-32)23-9-5-3-6-10-23/h3-20,29-31,34H,21-22H2,1-2H3/t29-,30+,31+,32-/m0/s1. The first kappa shape index (κ1) is 25.6. The van der Waals surface area contributed by atoms with Crippen molar-refractivity contribution in [3.05, 3.63) is 131 Å². The van der Waals surface area contributed by atoms with E-state index < -0.39 is 23.4 Å². The van der Waals surface area contributed by atoms with Crippen LogP contribution in [0.3, 0.4) is 0 Å². The third-order valence-corrected chi connectivity index (χ3v) is 7.86. The molecule has 2 aliphatic rings. The smallest absolute Gasteiger partial charge is 0.144 e. The van der Waals surface area contributed by atoms with Crippen LogP contribution in [0.1, 0.15) is 28.4 Å². The number of hydrogen-bond acceptors (Lipinski definition) is 6. The predicted octanol–water partition coefficient (Wildman–Crippen LogP) is 5.28. The van der Waals surface area contributed by atoms with Crippen LogP contribution >= 0.6 is 0 Å². The molecule has 0 amide bonds. The second-order valence-electron chi connectivity index (χ2n) is 10.0. The zero-order chi connectivity index (χ0) is 26.9. The van der Waals surface area contributed by atoms with E-state index in [2.05, 4.69) is 12.1 Å². The minimum Gasteiger partial charge on any atom is -0.497 e.